The first kappa shape index (κ1) is 19.8. The molecule has 2 bridgehead atoms. The van der Waals surface area contributed by atoms with Crippen LogP contribution in [0, 0.1) is 5.92 Å². The van der Waals surface area contributed by atoms with E-state index in [0.29, 0.717) is 26.2 Å². The van der Waals surface area contributed by atoms with E-state index in [2.05, 4.69) is 16.9 Å². The second-order valence-electron chi connectivity index (χ2n) is 8.33. The Labute approximate surface area is 170 Å². The van der Waals surface area contributed by atoms with Gasteiger partial charge in [-0.3, -0.25) is 19.2 Å². The van der Waals surface area contributed by atoms with Gasteiger partial charge in [-0.25, -0.2) is 0 Å². The average Bonchev–Trinajstić information content (AvgIpc) is 3.17. The molecule has 2 aliphatic heterocycles. The highest BCUT2D eigenvalue weighted by Crippen LogP contribution is 2.35. The van der Waals surface area contributed by atoms with E-state index in [1.807, 2.05) is 40.8 Å². The van der Waals surface area contributed by atoms with Crippen molar-refractivity contribution < 1.29 is 9.90 Å². The zero-order valence-electron chi connectivity index (χ0n) is 17.1. The molecular weight excluding hydrogens is 370 g/mol. The minimum atomic E-state index is -0.450. The number of aryl methyl sites for hydroxylation is 1. The van der Waals surface area contributed by atoms with E-state index < -0.39 is 6.61 Å². The van der Waals surface area contributed by atoms with E-state index in [0.717, 1.165) is 36.3 Å². The number of hydrogen-bond donors (Lipinski definition) is 1. The molecule has 8 heteroatoms. The molecule has 2 aliphatic rings. The first-order chi connectivity index (χ1) is 14.0. The molecule has 2 aromatic rings. The van der Waals surface area contributed by atoms with Crippen LogP contribution >= 0.6 is 0 Å². The number of pyridine rings is 1. The third kappa shape index (κ3) is 4.00. The van der Waals surface area contributed by atoms with Gasteiger partial charge in [0.1, 0.15) is 6.61 Å². The summed E-state index contributed by atoms with van der Waals surface area (Å²) in [6.07, 6.45) is 4.91. The van der Waals surface area contributed by atoms with E-state index in [9.17, 15) is 14.7 Å². The maximum absolute atomic E-state index is 13.2. The lowest BCUT2D eigenvalue weighted by molar-refractivity contribution is -0.136. The number of amides is 1. The van der Waals surface area contributed by atoms with Crippen LogP contribution < -0.4 is 5.56 Å². The van der Waals surface area contributed by atoms with Crippen LogP contribution in [0.2, 0.25) is 0 Å². The minimum Gasteiger partial charge on any atom is -0.387 e. The molecule has 0 aromatic carbocycles. The van der Waals surface area contributed by atoms with Crippen LogP contribution in [0.25, 0.3) is 0 Å². The van der Waals surface area contributed by atoms with E-state index in [1.54, 1.807) is 4.90 Å². The molecule has 2 atom stereocenters. The number of fused-ring (bicyclic) bond motifs is 4. The van der Waals surface area contributed by atoms with E-state index in [1.165, 1.54) is 0 Å². The number of aliphatic hydroxyl groups excluding tert-OH is 1. The lowest BCUT2D eigenvalue weighted by atomic mass is 9.83. The predicted molar refractivity (Wildman–Crippen MR) is 108 cm³/mol. The van der Waals surface area contributed by atoms with E-state index in [4.69, 9.17) is 0 Å². The van der Waals surface area contributed by atoms with Gasteiger partial charge < -0.3 is 14.6 Å². The van der Waals surface area contributed by atoms with Crippen LogP contribution in [0.3, 0.4) is 0 Å². The summed E-state index contributed by atoms with van der Waals surface area (Å²) in [5, 5.41) is 13.5. The van der Waals surface area contributed by atoms with Gasteiger partial charge in [0.15, 0.2) is 0 Å². The van der Waals surface area contributed by atoms with E-state index in [-0.39, 0.29) is 23.3 Å². The average molecular weight is 399 g/mol. The van der Waals surface area contributed by atoms with Gasteiger partial charge in [0.25, 0.3) is 5.56 Å². The van der Waals surface area contributed by atoms with Gasteiger partial charge in [-0.2, -0.15) is 5.10 Å². The maximum atomic E-state index is 13.2. The summed E-state index contributed by atoms with van der Waals surface area (Å²) in [6, 6.07) is 3.99. The third-order valence-electron chi connectivity index (χ3n) is 6.07. The van der Waals surface area contributed by atoms with Crippen LogP contribution in [0.15, 0.2) is 29.3 Å². The monoisotopic (exact) mass is 399 g/mol. The zero-order chi connectivity index (χ0) is 20.5. The fourth-order valence-electron chi connectivity index (χ4n) is 4.73. The number of rotatable bonds is 6. The Morgan fingerprint density at radius 3 is 2.83 bits per heavy atom. The van der Waals surface area contributed by atoms with Crippen molar-refractivity contribution in [3.63, 3.8) is 0 Å². The maximum Gasteiger partial charge on any atom is 0.255 e. The normalized spacial score (nSPS) is 20.8. The van der Waals surface area contributed by atoms with Crippen molar-refractivity contribution in [2.45, 2.75) is 45.4 Å². The third-order valence-corrected chi connectivity index (χ3v) is 6.07. The number of aromatic nitrogens is 3. The van der Waals surface area contributed by atoms with Gasteiger partial charge in [-0.05, 0) is 32.4 Å². The van der Waals surface area contributed by atoms with Crippen molar-refractivity contribution in [3.05, 3.63) is 51.7 Å². The van der Waals surface area contributed by atoms with Gasteiger partial charge in [0, 0.05) is 68.2 Å². The number of likely N-dealkylation sites (tertiary alicyclic amines) is 1. The largest absolute Gasteiger partial charge is 0.387 e. The Balaban J connectivity index is 1.50. The molecule has 0 saturated carbocycles. The Hall–Kier alpha value is -2.45. The second-order valence-corrected chi connectivity index (χ2v) is 8.33. The first-order valence-corrected chi connectivity index (χ1v) is 10.3. The number of piperidine rings is 1. The molecule has 1 amide bonds. The summed E-state index contributed by atoms with van der Waals surface area (Å²) in [6.45, 7) is 5.62. The van der Waals surface area contributed by atoms with Crippen LogP contribution in [0.1, 0.15) is 36.1 Å². The molecule has 1 fully saturated rings. The molecule has 1 saturated heterocycles. The molecule has 2 aromatic heterocycles. The highest BCUT2D eigenvalue weighted by atomic mass is 16.3. The number of hydrogen-bond acceptors (Lipinski definition) is 5. The number of aliphatic hydroxyl groups is 1. The molecule has 1 N–H and O–H groups in total. The molecule has 8 nitrogen and oxygen atoms in total. The van der Waals surface area contributed by atoms with Crippen molar-refractivity contribution in [2.24, 2.45) is 5.92 Å². The van der Waals surface area contributed by atoms with Gasteiger partial charge in [0.2, 0.25) is 5.91 Å². The lowest BCUT2D eigenvalue weighted by Crippen LogP contribution is -2.50. The standard InChI is InChI=1S/C21H29N5O3/c1-3-25-10-16(7-22-25)8-23(2)12-17-4-5-19-18-6-15(11-26(19)21(17)29)9-24(13-18)20(28)14-27/h4-5,7,10,15,18,27H,3,6,8-9,11-14H2,1-2H3/t15-,18+/m0/s1. The summed E-state index contributed by atoms with van der Waals surface area (Å²) in [4.78, 5) is 28.9. The van der Waals surface area contributed by atoms with Crippen LogP contribution in [-0.4, -0.2) is 61.9 Å². The molecule has 156 valence electrons. The minimum absolute atomic E-state index is 0.0789. The second kappa shape index (κ2) is 8.12. The Bertz CT molecular complexity index is 950. The number of carbonyl (C=O) groups is 1. The molecular formula is C21H29N5O3. The Morgan fingerprint density at radius 1 is 1.28 bits per heavy atom. The summed E-state index contributed by atoms with van der Waals surface area (Å²) >= 11 is 0. The fourth-order valence-corrected chi connectivity index (χ4v) is 4.73. The molecule has 0 unspecified atom stereocenters. The van der Waals surface area contributed by atoms with Crippen molar-refractivity contribution in [2.75, 3.05) is 26.7 Å². The topological polar surface area (TPSA) is 83.6 Å². The van der Waals surface area contributed by atoms with Crippen LogP contribution in [0.4, 0.5) is 0 Å². The summed E-state index contributed by atoms with van der Waals surface area (Å²) < 4.78 is 3.82. The number of nitrogens with zero attached hydrogens (tertiary/aromatic N) is 5. The SMILES string of the molecule is CCn1cc(CN(C)Cc2ccc3n(c2=O)C[C@H]2C[C@@H]3CN(C(=O)CO)C2)cn1. The smallest absolute Gasteiger partial charge is 0.255 e. The summed E-state index contributed by atoms with van der Waals surface area (Å²) in [5.41, 5.74) is 3.02. The van der Waals surface area contributed by atoms with Crippen molar-refractivity contribution in [1.82, 2.24) is 24.1 Å². The quantitative estimate of drug-likeness (QED) is 0.771. The lowest BCUT2D eigenvalue weighted by Gasteiger charge is -2.42. The van der Waals surface area contributed by atoms with Gasteiger partial charge >= 0.3 is 0 Å². The Kier molecular flexibility index (Phi) is 5.56. The van der Waals surface area contributed by atoms with Crippen molar-refractivity contribution in [3.8, 4) is 0 Å². The molecule has 0 spiro atoms. The predicted octanol–water partition coefficient (Wildman–Crippen LogP) is 0.635. The first-order valence-electron chi connectivity index (χ1n) is 10.3. The molecule has 4 heterocycles. The molecule has 0 aliphatic carbocycles. The molecule has 4 rings (SSSR count). The van der Waals surface area contributed by atoms with Crippen molar-refractivity contribution in [1.29, 1.82) is 0 Å². The summed E-state index contributed by atoms with van der Waals surface area (Å²) in [7, 11) is 2.01. The molecule has 29 heavy (non-hydrogen) atoms. The highest BCUT2D eigenvalue weighted by Gasteiger charge is 2.36. The highest BCUT2D eigenvalue weighted by molar-refractivity contribution is 5.77. The fraction of sp³-hybridized carbons (Fsp3) is 0.571. The van der Waals surface area contributed by atoms with Crippen LogP contribution in [0.5, 0.6) is 0 Å². The zero-order valence-corrected chi connectivity index (χ0v) is 17.1. The van der Waals surface area contributed by atoms with Crippen LogP contribution in [-0.2, 0) is 31.0 Å². The number of carbonyl (C=O) groups excluding carboxylic acids is 1. The van der Waals surface area contributed by atoms with Gasteiger partial charge in [0.05, 0.1) is 6.20 Å². The van der Waals surface area contributed by atoms with Crippen molar-refractivity contribution >= 4 is 5.91 Å². The van der Waals surface area contributed by atoms with E-state index >= 15 is 0 Å². The summed E-state index contributed by atoms with van der Waals surface area (Å²) in [5.74, 6) is 0.208. The molecule has 0 radical (unpaired) electrons. The van der Waals surface area contributed by atoms with Gasteiger partial charge in [-0.1, -0.05) is 6.07 Å². The van der Waals surface area contributed by atoms with Gasteiger partial charge in [-0.15, -0.1) is 0 Å². The Morgan fingerprint density at radius 2 is 2.10 bits per heavy atom.